The number of rotatable bonds is 8. The summed E-state index contributed by atoms with van der Waals surface area (Å²) in [7, 11) is 0. The molecule has 0 radical (unpaired) electrons. The molecule has 1 aliphatic rings. The van der Waals surface area contributed by atoms with E-state index in [9.17, 15) is 10.1 Å². The minimum atomic E-state index is -0.555. The van der Waals surface area contributed by atoms with E-state index in [4.69, 9.17) is 24.7 Å². The van der Waals surface area contributed by atoms with Crippen LogP contribution in [0.2, 0.25) is 0 Å². The summed E-state index contributed by atoms with van der Waals surface area (Å²) in [5, 5.41) is 9.93. The van der Waals surface area contributed by atoms with Gasteiger partial charge in [0.15, 0.2) is 0 Å². The van der Waals surface area contributed by atoms with E-state index in [0.29, 0.717) is 40.7 Å². The molecule has 1 heterocycles. The standard InChI is InChI=1S/C32H26N2O5/c1-2-17-36-28-14-7-6-13-26(28)32(35)38-24-15-16-25-29(19-24)39-31(34)27(20-33)30(25)21-9-8-12-23(18-21)37-22-10-4-3-5-11-22/h3-16,18-19,30H,2,17,34H2,1H3. The van der Waals surface area contributed by atoms with Crippen molar-refractivity contribution in [1.29, 1.82) is 5.26 Å². The first-order valence-corrected chi connectivity index (χ1v) is 12.6. The van der Waals surface area contributed by atoms with Gasteiger partial charge in [0.05, 0.1) is 12.5 Å². The second kappa shape index (κ2) is 11.4. The van der Waals surface area contributed by atoms with Gasteiger partial charge >= 0.3 is 5.97 Å². The molecular weight excluding hydrogens is 492 g/mol. The average Bonchev–Trinajstić information content (AvgIpc) is 2.96. The quantitative estimate of drug-likeness (QED) is 0.204. The fourth-order valence-electron chi connectivity index (χ4n) is 4.36. The Morgan fingerprint density at radius 3 is 2.49 bits per heavy atom. The highest BCUT2D eigenvalue weighted by molar-refractivity contribution is 5.94. The highest BCUT2D eigenvalue weighted by Crippen LogP contribution is 2.44. The van der Waals surface area contributed by atoms with Gasteiger partial charge in [-0.05, 0) is 54.4 Å². The van der Waals surface area contributed by atoms with Crippen LogP contribution in [0.5, 0.6) is 28.7 Å². The van der Waals surface area contributed by atoms with Gasteiger partial charge in [-0.25, -0.2) is 4.79 Å². The minimum absolute atomic E-state index is 0.00818. The molecule has 7 heteroatoms. The normalized spacial score (nSPS) is 14.0. The second-order valence-electron chi connectivity index (χ2n) is 8.85. The molecule has 0 fully saturated rings. The molecule has 4 aromatic carbocycles. The zero-order chi connectivity index (χ0) is 27.2. The molecule has 0 bridgehead atoms. The van der Waals surface area contributed by atoms with E-state index in [-0.39, 0.29) is 17.2 Å². The van der Waals surface area contributed by atoms with Crippen LogP contribution in [0.3, 0.4) is 0 Å². The molecule has 4 aromatic rings. The molecule has 0 saturated heterocycles. The molecule has 0 aromatic heterocycles. The Kier molecular flexibility index (Phi) is 7.46. The van der Waals surface area contributed by atoms with Gasteiger partial charge in [0, 0.05) is 11.6 Å². The van der Waals surface area contributed by atoms with Crippen molar-refractivity contribution in [1.82, 2.24) is 0 Å². The fraction of sp³-hybridized carbons (Fsp3) is 0.125. The van der Waals surface area contributed by atoms with E-state index in [1.54, 1.807) is 42.5 Å². The molecule has 0 amide bonds. The third kappa shape index (κ3) is 5.55. The molecule has 2 N–H and O–H groups in total. The summed E-state index contributed by atoms with van der Waals surface area (Å²) in [6.45, 7) is 2.48. The van der Waals surface area contributed by atoms with Crippen molar-refractivity contribution in [3.8, 4) is 34.8 Å². The summed E-state index contributed by atoms with van der Waals surface area (Å²) in [5.74, 6) is 1.40. The number of nitriles is 1. The van der Waals surface area contributed by atoms with Crippen LogP contribution in [0.4, 0.5) is 0 Å². The van der Waals surface area contributed by atoms with E-state index >= 15 is 0 Å². The number of para-hydroxylation sites is 2. The lowest BCUT2D eigenvalue weighted by molar-refractivity contribution is 0.0730. The summed E-state index contributed by atoms with van der Waals surface area (Å²) in [4.78, 5) is 13.0. The number of carbonyl (C=O) groups excluding carboxylic acids is 1. The first-order chi connectivity index (χ1) is 19.1. The van der Waals surface area contributed by atoms with Gasteiger partial charge in [-0.1, -0.05) is 55.5 Å². The van der Waals surface area contributed by atoms with E-state index in [2.05, 4.69) is 6.07 Å². The highest BCUT2D eigenvalue weighted by Gasteiger charge is 2.31. The van der Waals surface area contributed by atoms with Crippen LogP contribution < -0.4 is 24.7 Å². The van der Waals surface area contributed by atoms with Crippen LogP contribution in [-0.4, -0.2) is 12.6 Å². The van der Waals surface area contributed by atoms with Crippen LogP contribution in [0.25, 0.3) is 0 Å². The average molecular weight is 519 g/mol. The molecular formula is C32H26N2O5. The van der Waals surface area contributed by atoms with Crippen LogP contribution >= 0.6 is 0 Å². The highest BCUT2D eigenvalue weighted by atomic mass is 16.5. The number of carbonyl (C=O) groups is 1. The van der Waals surface area contributed by atoms with Crippen LogP contribution in [0, 0.1) is 11.3 Å². The maximum atomic E-state index is 13.0. The van der Waals surface area contributed by atoms with Crippen molar-refractivity contribution < 1.29 is 23.7 Å². The zero-order valence-corrected chi connectivity index (χ0v) is 21.3. The third-order valence-electron chi connectivity index (χ3n) is 6.14. The first kappa shape index (κ1) is 25.4. The molecule has 0 saturated carbocycles. The van der Waals surface area contributed by atoms with Crippen molar-refractivity contribution >= 4 is 5.97 Å². The summed E-state index contributed by atoms with van der Waals surface area (Å²) in [6, 6.07) is 31.1. The Morgan fingerprint density at radius 1 is 0.923 bits per heavy atom. The number of hydrogen-bond acceptors (Lipinski definition) is 7. The maximum Gasteiger partial charge on any atom is 0.347 e. The maximum absolute atomic E-state index is 13.0. The first-order valence-electron chi connectivity index (χ1n) is 12.6. The molecule has 7 nitrogen and oxygen atoms in total. The number of esters is 1. The lowest BCUT2D eigenvalue weighted by Crippen LogP contribution is -2.21. The van der Waals surface area contributed by atoms with Crippen molar-refractivity contribution in [3.05, 3.63) is 125 Å². The Labute approximate surface area is 226 Å². The summed E-state index contributed by atoms with van der Waals surface area (Å²) < 4.78 is 23.2. The van der Waals surface area contributed by atoms with Gasteiger partial charge < -0.3 is 24.7 Å². The monoisotopic (exact) mass is 518 g/mol. The van der Waals surface area contributed by atoms with Crippen LogP contribution in [0.1, 0.15) is 40.7 Å². The smallest absolute Gasteiger partial charge is 0.347 e. The number of benzene rings is 4. The third-order valence-corrected chi connectivity index (χ3v) is 6.14. The van der Waals surface area contributed by atoms with E-state index < -0.39 is 11.9 Å². The zero-order valence-electron chi connectivity index (χ0n) is 21.3. The number of nitrogens with two attached hydrogens (primary N) is 1. The van der Waals surface area contributed by atoms with Crippen LogP contribution in [-0.2, 0) is 0 Å². The minimum Gasteiger partial charge on any atom is -0.493 e. The number of ether oxygens (including phenoxy) is 4. The van der Waals surface area contributed by atoms with Crippen molar-refractivity contribution in [2.24, 2.45) is 5.73 Å². The Balaban J connectivity index is 1.44. The summed E-state index contributed by atoms with van der Waals surface area (Å²) >= 11 is 0. The predicted molar refractivity (Wildman–Crippen MR) is 146 cm³/mol. The van der Waals surface area contributed by atoms with Crippen molar-refractivity contribution in [3.63, 3.8) is 0 Å². The molecule has 5 rings (SSSR count). The number of fused-ring (bicyclic) bond motifs is 1. The molecule has 1 atom stereocenters. The lowest BCUT2D eigenvalue weighted by Gasteiger charge is -2.27. The van der Waals surface area contributed by atoms with Crippen LogP contribution in [0.15, 0.2) is 109 Å². The molecule has 1 aliphatic heterocycles. The SMILES string of the molecule is CCCOc1ccccc1C(=O)Oc1ccc2c(c1)OC(N)=C(C#N)C2c1cccc(Oc2ccccc2)c1. The fourth-order valence-corrected chi connectivity index (χ4v) is 4.36. The Bertz CT molecular complexity index is 1570. The van der Waals surface area contributed by atoms with E-state index in [1.807, 2.05) is 61.5 Å². The van der Waals surface area contributed by atoms with Crippen molar-refractivity contribution in [2.75, 3.05) is 6.61 Å². The number of hydrogen-bond donors (Lipinski definition) is 1. The van der Waals surface area contributed by atoms with Gasteiger partial charge in [0.25, 0.3) is 0 Å². The number of nitrogens with zero attached hydrogens (tertiary/aromatic N) is 1. The van der Waals surface area contributed by atoms with E-state index in [1.165, 1.54) is 0 Å². The van der Waals surface area contributed by atoms with Gasteiger partial charge in [-0.2, -0.15) is 5.26 Å². The topological polar surface area (TPSA) is 104 Å². The van der Waals surface area contributed by atoms with Crippen molar-refractivity contribution in [2.45, 2.75) is 19.3 Å². The largest absolute Gasteiger partial charge is 0.493 e. The Hall–Kier alpha value is -5.22. The summed E-state index contributed by atoms with van der Waals surface area (Å²) in [6.07, 6.45) is 0.813. The second-order valence-corrected chi connectivity index (χ2v) is 8.85. The molecule has 39 heavy (non-hydrogen) atoms. The molecule has 0 spiro atoms. The molecule has 0 aliphatic carbocycles. The van der Waals surface area contributed by atoms with Gasteiger partial charge in [0.1, 0.15) is 46.0 Å². The van der Waals surface area contributed by atoms with Gasteiger partial charge in [-0.15, -0.1) is 0 Å². The van der Waals surface area contributed by atoms with Gasteiger partial charge in [0.2, 0.25) is 5.88 Å². The predicted octanol–water partition coefficient (Wildman–Crippen LogP) is 6.71. The molecule has 194 valence electrons. The van der Waals surface area contributed by atoms with E-state index in [0.717, 1.165) is 12.0 Å². The van der Waals surface area contributed by atoms with Gasteiger partial charge in [-0.3, -0.25) is 0 Å². The lowest BCUT2D eigenvalue weighted by atomic mass is 9.83. The summed E-state index contributed by atoms with van der Waals surface area (Å²) in [5.41, 5.74) is 8.31. The molecule has 1 unspecified atom stereocenters. The Morgan fingerprint density at radius 2 is 1.69 bits per heavy atom. The number of allylic oxidation sites excluding steroid dienone is 1.